The number of rotatable bonds is 1. The largest absolute Gasteiger partial charge is 0.354 e. The first-order valence-corrected chi connectivity index (χ1v) is 6.59. The molecule has 1 aliphatic heterocycles. The Morgan fingerprint density at radius 3 is 2.35 bits per heavy atom. The average Bonchev–Trinajstić information content (AvgIpc) is 2.30. The molecule has 1 unspecified atom stereocenters. The van der Waals surface area contributed by atoms with Crippen LogP contribution in [0.5, 0.6) is 0 Å². The molecule has 3 nitrogen and oxygen atoms in total. The van der Waals surface area contributed by atoms with Crippen LogP contribution in [0.15, 0.2) is 18.3 Å². The SMILES string of the molecule is CC.Cc1ccnc(N2CC(C)N[C@H](C)C2)c1. The Morgan fingerprint density at radius 2 is 1.82 bits per heavy atom. The van der Waals surface area contributed by atoms with E-state index in [1.165, 1.54) is 5.56 Å². The molecule has 2 atom stereocenters. The summed E-state index contributed by atoms with van der Waals surface area (Å²) >= 11 is 0. The third-order valence-corrected chi connectivity index (χ3v) is 2.78. The molecule has 3 heteroatoms. The van der Waals surface area contributed by atoms with Crippen molar-refractivity contribution in [1.29, 1.82) is 0 Å². The summed E-state index contributed by atoms with van der Waals surface area (Å²) in [6.07, 6.45) is 1.89. The summed E-state index contributed by atoms with van der Waals surface area (Å²) < 4.78 is 0. The Labute approximate surface area is 105 Å². The number of nitrogens with zero attached hydrogens (tertiary/aromatic N) is 2. The summed E-state index contributed by atoms with van der Waals surface area (Å²) in [5.74, 6) is 1.11. The molecule has 1 aromatic rings. The number of piperazine rings is 1. The van der Waals surface area contributed by atoms with Crippen molar-refractivity contribution >= 4 is 5.82 Å². The summed E-state index contributed by atoms with van der Waals surface area (Å²) in [7, 11) is 0. The maximum absolute atomic E-state index is 4.43. The molecule has 96 valence electrons. The number of pyridine rings is 1. The number of anilines is 1. The predicted molar refractivity (Wildman–Crippen MR) is 74.6 cm³/mol. The zero-order chi connectivity index (χ0) is 12.8. The summed E-state index contributed by atoms with van der Waals surface area (Å²) in [4.78, 5) is 6.79. The molecular weight excluding hydrogens is 210 g/mol. The molecule has 1 saturated heterocycles. The van der Waals surface area contributed by atoms with Gasteiger partial charge in [-0.3, -0.25) is 0 Å². The maximum atomic E-state index is 4.43. The van der Waals surface area contributed by atoms with Gasteiger partial charge in [-0.05, 0) is 38.5 Å². The third kappa shape index (κ3) is 4.00. The van der Waals surface area contributed by atoms with Crippen LogP contribution in [0.3, 0.4) is 0 Å². The quantitative estimate of drug-likeness (QED) is 0.811. The van der Waals surface area contributed by atoms with Crippen LogP contribution in [-0.2, 0) is 0 Å². The van der Waals surface area contributed by atoms with E-state index in [9.17, 15) is 0 Å². The highest BCUT2D eigenvalue weighted by Crippen LogP contribution is 2.15. The van der Waals surface area contributed by atoms with Crippen LogP contribution in [0.25, 0.3) is 0 Å². The van der Waals surface area contributed by atoms with Gasteiger partial charge in [-0.25, -0.2) is 4.98 Å². The van der Waals surface area contributed by atoms with Gasteiger partial charge in [0.2, 0.25) is 0 Å². The van der Waals surface area contributed by atoms with Crippen molar-refractivity contribution < 1.29 is 0 Å². The molecule has 0 bridgehead atoms. The molecule has 1 N–H and O–H groups in total. The molecule has 2 rings (SSSR count). The fourth-order valence-corrected chi connectivity index (χ4v) is 2.21. The minimum absolute atomic E-state index is 0.538. The Bertz CT molecular complexity index is 328. The Morgan fingerprint density at radius 1 is 1.24 bits per heavy atom. The highest BCUT2D eigenvalue weighted by atomic mass is 15.2. The molecule has 1 fully saturated rings. The molecule has 0 spiro atoms. The van der Waals surface area contributed by atoms with Crippen LogP contribution in [0.1, 0.15) is 33.3 Å². The van der Waals surface area contributed by atoms with Gasteiger partial charge in [0.15, 0.2) is 0 Å². The standard InChI is InChI=1S/C12H19N3.C2H6/c1-9-4-5-13-12(6-9)15-7-10(2)14-11(3)8-15;1-2/h4-6,10-11,14H,7-8H2,1-3H3;1-2H3/t10-,11?;/m1./s1. The van der Waals surface area contributed by atoms with Gasteiger partial charge < -0.3 is 10.2 Å². The molecule has 0 aliphatic carbocycles. The van der Waals surface area contributed by atoms with Crippen LogP contribution in [0.4, 0.5) is 5.82 Å². The number of hydrogen-bond acceptors (Lipinski definition) is 3. The van der Waals surface area contributed by atoms with Crippen molar-refractivity contribution in [3.05, 3.63) is 23.9 Å². The van der Waals surface area contributed by atoms with E-state index in [2.05, 4.69) is 42.0 Å². The highest BCUT2D eigenvalue weighted by Gasteiger charge is 2.21. The lowest BCUT2D eigenvalue weighted by atomic mass is 10.1. The Balaban J connectivity index is 0.000000686. The van der Waals surface area contributed by atoms with Crippen molar-refractivity contribution in [3.8, 4) is 0 Å². The Kier molecular flexibility index (Phi) is 5.42. The average molecular weight is 235 g/mol. The molecule has 0 amide bonds. The first-order valence-electron chi connectivity index (χ1n) is 6.59. The van der Waals surface area contributed by atoms with Gasteiger partial charge in [-0.1, -0.05) is 13.8 Å². The van der Waals surface area contributed by atoms with Crippen LogP contribution in [0.2, 0.25) is 0 Å². The van der Waals surface area contributed by atoms with Gasteiger partial charge >= 0.3 is 0 Å². The minimum Gasteiger partial charge on any atom is -0.354 e. The number of nitrogens with one attached hydrogen (secondary N) is 1. The van der Waals surface area contributed by atoms with Crippen molar-refractivity contribution in [2.75, 3.05) is 18.0 Å². The zero-order valence-electron chi connectivity index (χ0n) is 11.7. The molecule has 1 aromatic heterocycles. The molecule has 1 aliphatic rings. The molecular formula is C14H25N3. The first-order chi connectivity index (χ1) is 8.15. The number of aromatic nitrogens is 1. The zero-order valence-corrected chi connectivity index (χ0v) is 11.7. The molecule has 0 radical (unpaired) electrons. The maximum Gasteiger partial charge on any atom is 0.128 e. The van der Waals surface area contributed by atoms with E-state index in [0.29, 0.717) is 12.1 Å². The third-order valence-electron chi connectivity index (χ3n) is 2.78. The fourth-order valence-electron chi connectivity index (χ4n) is 2.21. The summed E-state index contributed by atoms with van der Waals surface area (Å²) in [6, 6.07) is 5.27. The highest BCUT2D eigenvalue weighted by molar-refractivity contribution is 5.41. The molecule has 17 heavy (non-hydrogen) atoms. The second kappa shape index (κ2) is 6.60. The van der Waals surface area contributed by atoms with Gasteiger partial charge in [-0.2, -0.15) is 0 Å². The van der Waals surface area contributed by atoms with E-state index >= 15 is 0 Å². The van der Waals surface area contributed by atoms with E-state index in [1.807, 2.05) is 26.1 Å². The van der Waals surface area contributed by atoms with Gasteiger partial charge in [0.1, 0.15) is 5.82 Å². The minimum atomic E-state index is 0.538. The van der Waals surface area contributed by atoms with E-state index in [0.717, 1.165) is 18.9 Å². The van der Waals surface area contributed by atoms with E-state index in [-0.39, 0.29) is 0 Å². The van der Waals surface area contributed by atoms with Gasteiger partial charge in [-0.15, -0.1) is 0 Å². The topological polar surface area (TPSA) is 28.2 Å². The number of hydrogen-bond donors (Lipinski definition) is 1. The molecule has 0 aromatic carbocycles. The Hall–Kier alpha value is -1.09. The lowest BCUT2D eigenvalue weighted by molar-refractivity contribution is 0.405. The van der Waals surface area contributed by atoms with Crippen LogP contribution in [-0.4, -0.2) is 30.2 Å². The summed E-state index contributed by atoms with van der Waals surface area (Å²) in [5.41, 5.74) is 1.28. The van der Waals surface area contributed by atoms with Gasteiger partial charge in [0.05, 0.1) is 0 Å². The fraction of sp³-hybridized carbons (Fsp3) is 0.643. The van der Waals surface area contributed by atoms with Gasteiger partial charge in [0, 0.05) is 31.4 Å². The molecule has 0 saturated carbocycles. The van der Waals surface area contributed by atoms with Crippen LogP contribution >= 0.6 is 0 Å². The van der Waals surface area contributed by atoms with Gasteiger partial charge in [0.25, 0.3) is 0 Å². The van der Waals surface area contributed by atoms with E-state index in [1.54, 1.807) is 0 Å². The van der Waals surface area contributed by atoms with E-state index < -0.39 is 0 Å². The normalized spacial score (nSPS) is 23.9. The second-order valence-corrected chi connectivity index (χ2v) is 4.57. The van der Waals surface area contributed by atoms with Crippen molar-refractivity contribution in [3.63, 3.8) is 0 Å². The van der Waals surface area contributed by atoms with Crippen molar-refractivity contribution in [2.45, 2.75) is 46.7 Å². The van der Waals surface area contributed by atoms with E-state index in [4.69, 9.17) is 0 Å². The number of aryl methyl sites for hydroxylation is 1. The monoisotopic (exact) mass is 235 g/mol. The van der Waals surface area contributed by atoms with Crippen molar-refractivity contribution in [1.82, 2.24) is 10.3 Å². The van der Waals surface area contributed by atoms with Crippen LogP contribution in [0, 0.1) is 6.92 Å². The lowest BCUT2D eigenvalue weighted by Crippen LogP contribution is -2.54. The predicted octanol–water partition coefficient (Wildman–Crippen LogP) is 2.60. The summed E-state index contributed by atoms with van der Waals surface area (Å²) in [6.45, 7) is 12.6. The second-order valence-electron chi connectivity index (χ2n) is 4.57. The smallest absolute Gasteiger partial charge is 0.128 e. The van der Waals surface area contributed by atoms with Crippen LogP contribution < -0.4 is 10.2 Å². The first kappa shape index (κ1) is 14.0. The molecule has 2 heterocycles. The van der Waals surface area contributed by atoms with Crippen molar-refractivity contribution in [2.24, 2.45) is 0 Å². The summed E-state index contributed by atoms with van der Waals surface area (Å²) in [5, 5.41) is 3.52. The lowest BCUT2D eigenvalue weighted by Gasteiger charge is -2.37.